The maximum Gasteiger partial charge on any atom is 0.240 e. The minimum atomic E-state index is -0.393. The van der Waals surface area contributed by atoms with E-state index in [9.17, 15) is 4.79 Å². The van der Waals surface area contributed by atoms with Crippen LogP contribution in [0.1, 0.15) is 27.2 Å². The number of carbonyl (C=O) groups excluding carboxylic acids is 1. The Labute approximate surface area is 111 Å². The molecule has 0 aromatic rings. The predicted octanol–water partition coefficient (Wildman–Crippen LogP) is 0.946. The minimum absolute atomic E-state index is 0. The van der Waals surface area contributed by atoms with E-state index >= 15 is 0 Å². The number of likely N-dealkylation sites (N-methyl/N-ethyl adjacent to an activating group) is 1. The van der Waals surface area contributed by atoms with Gasteiger partial charge in [-0.1, -0.05) is 20.8 Å². The number of nitrogens with two attached hydrogens (primary N) is 1. The molecule has 0 bridgehead atoms. The van der Waals surface area contributed by atoms with Crippen molar-refractivity contribution in [1.82, 2.24) is 9.80 Å². The van der Waals surface area contributed by atoms with Crippen molar-refractivity contribution in [2.45, 2.75) is 33.2 Å². The zero-order chi connectivity index (χ0) is 12.3. The summed E-state index contributed by atoms with van der Waals surface area (Å²) in [5.74, 6) is 0.0998. The van der Waals surface area contributed by atoms with Gasteiger partial charge >= 0.3 is 0 Å². The van der Waals surface area contributed by atoms with Crippen LogP contribution < -0.4 is 5.73 Å². The van der Waals surface area contributed by atoms with Gasteiger partial charge in [0.15, 0.2) is 0 Å². The molecule has 1 amide bonds. The lowest BCUT2D eigenvalue weighted by Crippen LogP contribution is -2.51. The van der Waals surface area contributed by atoms with E-state index in [1.807, 2.05) is 25.7 Å². The summed E-state index contributed by atoms with van der Waals surface area (Å²) >= 11 is 0. The summed E-state index contributed by atoms with van der Waals surface area (Å²) in [6, 6.07) is -0.393. The first-order chi connectivity index (χ1) is 7.32. The van der Waals surface area contributed by atoms with Crippen LogP contribution in [0, 0.1) is 5.41 Å². The van der Waals surface area contributed by atoms with Crippen LogP contribution in [0.15, 0.2) is 0 Å². The molecule has 17 heavy (non-hydrogen) atoms. The lowest BCUT2D eigenvalue weighted by atomic mass is 9.86. The third-order valence-corrected chi connectivity index (χ3v) is 3.23. The van der Waals surface area contributed by atoms with Gasteiger partial charge in [-0.25, -0.2) is 0 Å². The van der Waals surface area contributed by atoms with E-state index in [0.29, 0.717) is 0 Å². The molecule has 1 saturated heterocycles. The van der Waals surface area contributed by atoms with E-state index in [1.54, 1.807) is 0 Å². The Hall–Kier alpha value is -0.320. The molecule has 1 rings (SSSR count). The van der Waals surface area contributed by atoms with Gasteiger partial charge in [-0.2, -0.15) is 0 Å². The monoisotopic (exact) mass is 263 g/mol. The fraction of sp³-hybridized carbons (Fsp3) is 0.917. The molecule has 0 aromatic carbocycles. The molecule has 1 fully saturated rings. The maximum absolute atomic E-state index is 12.2. The number of halogens is 1. The Morgan fingerprint density at radius 3 is 2.29 bits per heavy atom. The van der Waals surface area contributed by atoms with Gasteiger partial charge in [0, 0.05) is 19.6 Å². The first kappa shape index (κ1) is 16.7. The van der Waals surface area contributed by atoms with Crippen molar-refractivity contribution in [2.24, 2.45) is 11.1 Å². The SMILES string of the molecule is CN1CCCN(C(=O)[C@@H](N)C(C)(C)C)CC1.Cl. The molecule has 4 nitrogen and oxygen atoms in total. The van der Waals surface area contributed by atoms with Crippen molar-refractivity contribution >= 4 is 18.3 Å². The second-order valence-corrected chi connectivity index (χ2v) is 5.83. The van der Waals surface area contributed by atoms with Crippen LogP contribution in [0.4, 0.5) is 0 Å². The average molecular weight is 264 g/mol. The van der Waals surface area contributed by atoms with Crippen LogP contribution in [-0.2, 0) is 4.79 Å². The normalized spacial score (nSPS) is 20.4. The van der Waals surface area contributed by atoms with Crippen LogP contribution in [0.2, 0.25) is 0 Å². The zero-order valence-electron chi connectivity index (χ0n) is 11.4. The molecule has 5 heteroatoms. The number of nitrogens with zero attached hydrogens (tertiary/aromatic N) is 2. The van der Waals surface area contributed by atoms with Gasteiger partial charge in [-0.15, -0.1) is 12.4 Å². The third kappa shape index (κ3) is 4.82. The quantitative estimate of drug-likeness (QED) is 0.766. The number of amides is 1. The zero-order valence-corrected chi connectivity index (χ0v) is 12.2. The van der Waals surface area contributed by atoms with Crippen LogP contribution in [-0.4, -0.2) is 55.0 Å². The smallest absolute Gasteiger partial charge is 0.240 e. The molecule has 102 valence electrons. The summed E-state index contributed by atoms with van der Waals surface area (Å²) in [4.78, 5) is 16.4. The Kier molecular flexibility index (Phi) is 6.45. The summed E-state index contributed by atoms with van der Waals surface area (Å²) in [6.45, 7) is 9.70. The van der Waals surface area contributed by atoms with Gasteiger partial charge in [-0.05, 0) is 25.4 Å². The van der Waals surface area contributed by atoms with Crippen LogP contribution in [0.3, 0.4) is 0 Å². The molecule has 2 N–H and O–H groups in total. The molecule has 0 aliphatic carbocycles. The predicted molar refractivity (Wildman–Crippen MR) is 73.4 cm³/mol. The number of carbonyl (C=O) groups is 1. The highest BCUT2D eigenvalue weighted by Crippen LogP contribution is 2.19. The number of hydrogen-bond donors (Lipinski definition) is 1. The van der Waals surface area contributed by atoms with Crippen molar-refractivity contribution < 1.29 is 4.79 Å². The lowest BCUT2D eigenvalue weighted by Gasteiger charge is -2.31. The maximum atomic E-state index is 12.2. The van der Waals surface area contributed by atoms with Crippen molar-refractivity contribution in [3.8, 4) is 0 Å². The fourth-order valence-corrected chi connectivity index (χ4v) is 1.83. The van der Waals surface area contributed by atoms with Crippen molar-refractivity contribution in [3.05, 3.63) is 0 Å². The van der Waals surface area contributed by atoms with Gasteiger partial charge in [0.25, 0.3) is 0 Å². The summed E-state index contributed by atoms with van der Waals surface area (Å²) in [7, 11) is 2.09. The van der Waals surface area contributed by atoms with Crippen LogP contribution >= 0.6 is 12.4 Å². The van der Waals surface area contributed by atoms with E-state index in [2.05, 4.69) is 11.9 Å². The first-order valence-electron chi connectivity index (χ1n) is 6.05. The summed E-state index contributed by atoms with van der Waals surface area (Å²) in [5.41, 5.74) is 5.85. The Morgan fingerprint density at radius 1 is 1.18 bits per heavy atom. The van der Waals surface area contributed by atoms with Gasteiger partial charge in [0.05, 0.1) is 6.04 Å². The summed E-state index contributed by atoms with van der Waals surface area (Å²) in [6.07, 6.45) is 1.04. The van der Waals surface area contributed by atoms with Gasteiger partial charge < -0.3 is 15.5 Å². The third-order valence-electron chi connectivity index (χ3n) is 3.23. The molecule has 1 aliphatic heterocycles. The van der Waals surface area contributed by atoms with Crippen molar-refractivity contribution in [1.29, 1.82) is 0 Å². The van der Waals surface area contributed by atoms with Crippen molar-refractivity contribution in [2.75, 3.05) is 33.2 Å². The summed E-state index contributed by atoms with van der Waals surface area (Å²) < 4.78 is 0. The minimum Gasteiger partial charge on any atom is -0.340 e. The van der Waals surface area contributed by atoms with E-state index in [0.717, 1.165) is 32.6 Å². The van der Waals surface area contributed by atoms with Gasteiger partial charge in [-0.3, -0.25) is 4.79 Å². The average Bonchev–Trinajstić information content (AvgIpc) is 2.39. The van der Waals surface area contributed by atoms with Crippen molar-refractivity contribution in [3.63, 3.8) is 0 Å². The highest BCUT2D eigenvalue weighted by Gasteiger charge is 2.31. The molecule has 1 heterocycles. The van der Waals surface area contributed by atoms with Crippen LogP contribution in [0.25, 0.3) is 0 Å². The largest absolute Gasteiger partial charge is 0.340 e. The molecular weight excluding hydrogens is 238 g/mol. The molecule has 1 aliphatic rings. The molecule has 0 radical (unpaired) electrons. The molecular formula is C12H26ClN3O. The van der Waals surface area contributed by atoms with E-state index in [-0.39, 0.29) is 23.7 Å². The number of rotatable bonds is 1. The molecule has 0 saturated carbocycles. The molecule has 1 atom stereocenters. The lowest BCUT2D eigenvalue weighted by molar-refractivity contribution is -0.134. The van der Waals surface area contributed by atoms with Crippen LogP contribution in [0.5, 0.6) is 0 Å². The van der Waals surface area contributed by atoms with Gasteiger partial charge in [0.2, 0.25) is 5.91 Å². The molecule has 0 aromatic heterocycles. The Balaban J connectivity index is 0.00000256. The van der Waals surface area contributed by atoms with E-state index in [1.165, 1.54) is 0 Å². The molecule has 0 unspecified atom stereocenters. The Bertz CT molecular complexity index is 253. The number of hydrogen-bond acceptors (Lipinski definition) is 3. The fourth-order valence-electron chi connectivity index (χ4n) is 1.83. The Morgan fingerprint density at radius 2 is 1.76 bits per heavy atom. The second-order valence-electron chi connectivity index (χ2n) is 5.83. The highest BCUT2D eigenvalue weighted by molar-refractivity contribution is 5.85. The van der Waals surface area contributed by atoms with Gasteiger partial charge in [0.1, 0.15) is 0 Å². The first-order valence-corrected chi connectivity index (χ1v) is 6.05. The molecule has 0 spiro atoms. The summed E-state index contributed by atoms with van der Waals surface area (Å²) in [5, 5.41) is 0. The highest BCUT2D eigenvalue weighted by atomic mass is 35.5. The second kappa shape index (κ2) is 6.57. The topological polar surface area (TPSA) is 49.6 Å². The standard InChI is InChI=1S/C12H25N3O.ClH/c1-12(2,3)10(13)11(16)15-7-5-6-14(4)8-9-15;/h10H,5-9,13H2,1-4H3;1H/t10-;/m1./s1. The van der Waals surface area contributed by atoms with E-state index < -0.39 is 6.04 Å². The van der Waals surface area contributed by atoms with E-state index in [4.69, 9.17) is 5.73 Å².